The van der Waals surface area contributed by atoms with Crippen LogP contribution in [0.5, 0.6) is 0 Å². The second-order valence-corrected chi connectivity index (χ2v) is 5.47. The molecule has 0 bridgehead atoms. The smallest absolute Gasteiger partial charge is 0.354 e. The summed E-state index contributed by atoms with van der Waals surface area (Å²) in [5.74, 6) is 0.744. The van der Waals surface area contributed by atoms with Crippen LogP contribution in [-0.2, 0) is 4.79 Å². The summed E-state index contributed by atoms with van der Waals surface area (Å²) in [6, 6.07) is 0. The van der Waals surface area contributed by atoms with Crippen molar-refractivity contribution in [3.63, 3.8) is 0 Å². The normalized spacial score (nSPS) is 21.7. The summed E-state index contributed by atoms with van der Waals surface area (Å²) >= 11 is 0. The fraction of sp³-hybridized carbons (Fsp3) is 0.714. The number of nitrogens with zero attached hydrogens (tertiary/aromatic N) is 1. The molecule has 2 aliphatic rings. The molecule has 1 aliphatic heterocycles. The average Bonchev–Trinajstić information content (AvgIpc) is 2.67. The Labute approximate surface area is 103 Å². The van der Waals surface area contributed by atoms with E-state index in [1.165, 1.54) is 32.1 Å². The molecule has 1 aliphatic carbocycles. The number of aliphatic imine (C=N–C) groups is 1. The number of carboxylic acid groups (broad SMARTS) is 1. The maximum atomic E-state index is 10.7. The molecule has 94 valence electrons. The van der Waals surface area contributed by atoms with Crippen molar-refractivity contribution in [2.24, 2.45) is 16.8 Å². The Balaban J connectivity index is 1.66. The van der Waals surface area contributed by atoms with E-state index in [2.05, 4.69) is 11.9 Å². The number of aliphatic carboxylic acids is 1. The van der Waals surface area contributed by atoms with Gasteiger partial charge in [0, 0.05) is 11.8 Å². The summed E-state index contributed by atoms with van der Waals surface area (Å²) in [6.45, 7) is 2.29. The zero-order valence-corrected chi connectivity index (χ0v) is 10.5. The quantitative estimate of drug-likeness (QED) is 0.767. The van der Waals surface area contributed by atoms with Gasteiger partial charge in [0.25, 0.3) is 0 Å². The molecule has 3 heteroatoms. The minimum Gasteiger partial charge on any atom is -0.477 e. The van der Waals surface area contributed by atoms with Gasteiger partial charge >= 0.3 is 5.97 Å². The molecule has 0 amide bonds. The summed E-state index contributed by atoms with van der Waals surface area (Å²) < 4.78 is 0. The number of hydrogen-bond donors (Lipinski definition) is 1. The van der Waals surface area contributed by atoms with Crippen molar-refractivity contribution in [3.8, 4) is 0 Å². The van der Waals surface area contributed by atoms with Crippen LogP contribution in [0.3, 0.4) is 0 Å². The Morgan fingerprint density at radius 1 is 1.53 bits per heavy atom. The van der Waals surface area contributed by atoms with Crippen LogP contribution < -0.4 is 0 Å². The fourth-order valence-electron chi connectivity index (χ4n) is 2.93. The van der Waals surface area contributed by atoms with Gasteiger partial charge in [0.1, 0.15) is 0 Å². The number of rotatable bonds is 6. The van der Waals surface area contributed by atoms with Crippen molar-refractivity contribution in [1.82, 2.24) is 0 Å². The van der Waals surface area contributed by atoms with Crippen LogP contribution in [0.15, 0.2) is 16.8 Å². The van der Waals surface area contributed by atoms with E-state index < -0.39 is 5.97 Å². The highest BCUT2D eigenvalue weighted by Gasteiger charge is 2.22. The lowest BCUT2D eigenvalue weighted by molar-refractivity contribution is -0.129. The summed E-state index contributed by atoms with van der Waals surface area (Å²) in [5.41, 5.74) is 1.20. The largest absolute Gasteiger partial charge is 0.477 e. The molecule has 1 unspecified atom stereocenters. The van der Waals surface area contributed by atoms with E-state index >= 15 is 0 Å². The van der Waals surface area contributed by atoms with E-state index in [-0.39, 0.29) is 5.71 Å². The van der Waals surface area contributed by atoms with Gasteiger partial charge in [-0.15, -0.1) is 0 Å². The van der Waals surface area contributed by atoms with Crippen molar-refractivity contribution < 1.29 is 9.90 Å². The molecular formula is C14H21NO2. The van der Waals surface area contributed by atoms with E-state index in [0.717, 1.165) is 24.3 Å². The van der Waals surface area contributed by atoms with Gasteiger partial charge < -0.3 is 5.11 Å². The highest BCUT2D eigenvalue weighted by Crippen LogP contribution is 2.32. The van der Waals surface area contributed by atoms with E-state index in [1.807, 2.05) is 0 Å². The van der Waals surface area contributed by atoms with Crippen molar-refractivity contribution in [3.05, 3.63) is 11.8 Å². The van der Waals surface area contributed by atoms with Gasteiger partial charge in [0.05, 0.1) is 0 Å². The van der Waals surface area contributed by atoms with Crippen LogP contribution in [0.1, 0.15) is 51.9 Å². The number of hydrogen-bond acceptors (Lipinski definition) is 2. The van der Waals surface area contributed by atoms with Crippen LogP contribution in [-0.4, -0.2) is 16.8 Å². The van der Waals surface area contributed by atoms with Gasteiger partial charge in [-0.05, 0) is 31.1 Å². The molecule has 1 N–H and O–H groups in total. The second kappa shape index (κ2) is 5.48. The van der Waals surface area contributed by atoms with Crippen molar-refractivity contribution >= 4 is 11.7 Å². The fourth-order valence-corrected chi connectivity index (χ4v) is 2.93. The topological polar surface area (TPSA) is 49.7 Å². The van der Waals surface area contributed by atoms with Crippen LogP contribution in [0.2, 0.25) is 0 Å². The van der Waals surface area contributed by atoms with Gasteiger partial charge in [-0.3, -0.25) is 0 Å². The van der Waals surface area contributed by atoms with Gasteiger partial charge in [0.2, 0.25) is 0 Å². The van der Waals surface area contributed by atoms with Crippen molar-refractivity contribution in [2.75, 3.05) is 0 Å². The molecule has 0 saturated heterocycles. The molecule has 1 fully saturated rings. The first kappa shape index (κ1) is 12.3. The molecular weight excluding hydrogens is 214 g/mol. The molecule has 0 aromatic heterocycles. The molecule has 0 radical (unpaired) electrons. The third kappa shape index (κ3) is 3.18. The summed E-state index contributed by atoms with van der Waals surface area (Å²) in [4.78, 5) is 14.5. The lowest BCUT2D eigenvalue weighted by Crippen LogP contribution is -2.21. The van der Waals surface area contributed by atoms with E-state index in [9.17, 15) is 4.79 Å². The first-order chi connectivity index (χ1) is 8.16. The monoisotopic (exact) mass is 235 g/mol. The molecule has 0 spiro atoms. The molecule has 1 heterocycles. The van der Waals surface area contributed by atoms with Crippen LogP contribution >= 0.6 is 0 Å². The van der Waals surface area contributed by atoms with Gasteiger partial charge in [-0.2, -0.15) is 0 Å². The molecule has 0 aromatic carbocycles. The molecule has 0 aromatic rings. The Bertz CT molecular complexity index is 351. The molecule has 1 saturated carbocycles. The van der Waals surface area contributed by atoms with E-state index in [4.69, 9.17) is 5.11 Å². The highest BCUT2D eigenvalue weighted by atomic mass is 16.4. The van der Waals surface area contributed by atoms with Crippen molar-refractivity contribution in [2.45, 2.75) is 51.9 Å². The van der Waals surface area contributed by atoms with Crippen LogP contribution in [0.25, 0.3) is 0 Å². The average molecular weight is 235 g/mol. The molecule has 3 nitrogen and oxygen atoms in total. The Morgan fingerprint density at radius 2 is 2.24 bits per heavy atom. The second-order valence-electron chi connectivity index (χ2n) is 5.47. The van der Waals surface area contributed by atoms with Crippen molar-refractivity contribution in [1.29, 1.82) is 0 Å². The third-order valence-corrected chi connectivity index (χ3v) is 3.97. The van der Waals surface area contributed by atoms with Gasteiger partial charge in [-0.25, -0.2) is 9.79 Å². The van der Waals surface area contributed by atoms with Crippen LogP contribution in [0.4, 0.5) is 0 Å². The maximum absolute atomic E-state index is 10.7. The number of carboxylic acids is 1. The highest BCUT2D eigenvalue weighted by molar-refractivity contribution is 6.44. The zero-order chi connectivity index (χ0) is 12.3. The first-order valence-electron chi connectivity index (χ1n) is 6.67. The van der Waals surface area contributed by atoms with E-state index in [0.29, 0.717) is 5.92 Å². The Morgan fingerprint density at radius 3 is 2.76 bits per heavy atom. The lowest BCUT2D eigenvalue weighted by Gasteiger charge is -2.18. The summed E-state index contributed by atoms with van der Waals surface area (Å²) in [6.07, 6.45) is 10.6. The molecule has 17 heavy (non-hydrogen) atoms. The molecule has 2 rings (SSSR count). The Kier molecular flexibility index (Phi) is 3.97. The SMILES string of the molecule is CC(CCC1=CN=C1C(=O)O)CC1CCCC1. The summed E-state index contributed by atoms with van der Waals surface area (Å²) in [5, 5.41) is 8.83. The lowest BCUT2D eigenvalue weighted by atomic mass is 9.89. The van der Waals surface area contributed by atoms with Gasteiger partial charge in [-0.1, -0.05) is 32.6 Å². The third-order valence-electron chi connectivity index (χ3n) is 3.97. The summed E-state index contributed by atoms with van der Waals surface area (Å²) in [7, 11) is 0. The minimum absolute atomic E-state index is 0.276. The maximum Gasteiger partial charge on any atom is 0.354 e. The Hall–Kier alpha value is -1.12. The standard InChI is InChI=1S/C14H21NO2/c1-10(8-11-4-2-3-5-11)6-7-12-9-15-13(12)14(16)17/h9-11H,2-8H2,1H3,(H,16,17). The van der Waals surface area contributed by atoms with Gasteiger partial charge in [0.15, 0.2) is 5.71 Å². The predicted octanol–water partition coefficient (Wildman–Crippen LogP) is 3.41. The zero-order valence-electron chi connectivity index (χ0n) is 10.5. The minimum atomic E-state index is -0.883. The first-order valence-corrected chi connectivity index (χ1v) is 6.67. The van der Waals surface area contributed by atoms with E-state index in [1.54, 1.807) is 6.20 Å². The number of carbonyl (C=O) groups is 1. The van der Waals surface area contributed by atoms with Crippen LogP contribution in [0, 0.1) is 11.8 Å². The predicted molar refractivity (Wildman–Crippen MR) is 68.1 cm³/mol. The molecule has 1 atom stereocenters.